The Bertz CT molecular complexity index is 890. The summed E-state index contributed by atoms with van der Waals surface area (Å²) in [4.78, 5) is 4.51. The SMILES string of the molecule is N#CC(=Cc1ccc(F)cc1)c1nc(-c2ccc(Cl)cc2)cs1. The van der Waals surface area contributed by atoms with Gasteiger partial charge in [0, 0.05) is 16.0 Å². The topological polar surface area (TPSA) is 36.7 Å². The maximum atomic E-state index is 12.9. The monoisotopic (exact) mass is 340 g/mol. The van der Waals surface area contributed by atoms with Crippen molar-refractivity contribution in [3.63, 3.8) is 0 Å². The normalized spacial score (nSPS) is 11.3. The van der Waals surface area contributed by atoms with E-state index in [0.717, 1.165) is 16.8 Å². The maximum absolute atomic E-state index is 12.9. The molecule has 2 aromatic carbocycles. The van der Waals surface area contributed by atoms with Crippen LogP contribution in [-0.2, 0) is 0 Å². The highest BCUT2D eigenvalue weighted by molar-refractivity contribution is 7.11. The highest BCUT2D eigenvalue weighted by Crippen LogP contribution is 2.27. The summed E-state index contributed by atoms with van der Waals surface area (Å²) in [6.45, 7) is 0. The van der Waals surface area contributed by atoms with Crippen LogP contribution in [0, 0.1) is 17.1 Å². The van der Waals surface area contributed by atoms with Gasteiger partial charge in [0.05, 0.1) is 11.3 Å². The summed E-state index contributed by atoms with van der Waals surface area (Å²) in [5.74, 6) is -0.306. The minimum Gasteiger partial charge on any atom is -0.235 e. The minimum atomic E-state index is -0.306. The van der Waals surface area contributed by atoms with Crippen LogP contribution in [0.5, 0.6) is 0 Å². The summed E-state index contributed by atoms with van der Waals surface area (Å²) in [6, 6.07) is 15.5. The van der Waals surface area contributed by atoms with Gasteiger partial charge in [0.2, 0.25) is 0 Å². The van der Waals surface area contributed by atoms with E-state index in [4.69, 9.17) is 11.6 Å². The van der Waals surface area contributed by atoms with Gasteiger partial charge in [-0.15, -0.1) is 11.3 Å². The van der Waals surface area contributed by atoms with E-state index in [0.29, 0.717) is 15.6 Å². The molecule has 0 fully saturated rings. The Morgan fingerprint density at radius 3 is 2.48 bits per heavy atom. The lowest BCUT2D eigenvalue weighted by Crippen LogP contribution is -1.83. The molecule has 0 N–H and O–H groups in total. The van der Waals surface area contributed by atoms with Crippen molar-refractivity contribution < 1.29 is 4.39 Å². The van der Waals surface area contributed by atoms with Crippen LogP contribution in [0.4, 0.5) is 4.39 Å². The third-order valence-corrected chi connectivity index (χ3v) is 4.30. The second-order valence-electron chi connectivity index (χ2n) is 4.77. The molecule has 0 atom stereocenters. The van der Waals surface area contributed by atoms with Crippen LogP contribution in [0.15, 0.2) is 53.9 Å². The molecular weight excluding hydrogens is 331 g/mol. The molecule has 0 bridgehead atoms. The van der Waals surface area contributed by atoms with E-state index in [9.17, 15) is 9.65 Å². The number of hydrogen-bond acceptors (Lipinski definition) is 3. The van der Waals surface area contributed by atoms with Crippen molar-refractivity contribution in [1.82, 2.24) is 4.98 Å². The average Bonchev–Trinajstić information content (AvgIpc) is 3.05. The Balaban J connectivity index is 1.92. The zero-order chi connectivity index (χ0) is 16.2. The predicted molar refractivity (Wildman–Crippen MR) is 92.4 cm³/mol. The number of hydrogen-bond donors (Lipinski definition) is 0. The van der Waals surface area contributed by atoms with E-state index in [-0.39, 0.29) is 5.82 Å². The third kappa shape index (κ3) is 3.65. The highest BCUT2D eigenvalue weighted by Gasteiger charge is 2.09. The number of aromatic nitrogens is 1. The summed E-state index contributed by atoms with van der Waals surface area (Å²) < 4.78 is 12.9. The van der Waals surface area contributed by atoms with Crippen molar-refractivity contribution in [3.05, 3.63) is 75.3 Å². The van der Waals surface area contributed by atoms with Gasteiger partial charge in [-0.1, -0.05) is 35.9 Å². The highest BCUT2D eigenvalue weighted by atomic mass is 35.5. The fourth-order valence-electron chi connectivity index (χ4n) is 2.02. The number of rotatable bonds is 3. The molecule has 23 heavy (non-hydrogen) atoms. The Labute approximate surface area is 142 Å². The first kappa shape index (κ1) is 15.4. The zero-order valence-electron chi connectivity index (χ0n) is 11.8. The largest absolute Gasteiger partial charge is 0.235 e. The van der Waals surface area contributed by atoms with Gasteiger partial charge < -0.3 is 0 Å². The van der Waals surface area contributed by atoms with Crippen LogP contribution in [0.2, 0.25) is 5.02 Å². The van der Waals surface area contributed by atoms with Gasteiger partial charge in [0.15, 0.2) is 0 Å². The van der Waals surface area contributed by atoms with Crippen molar-refractivity contribution in [2.45, 2.75) is 0 Å². The van der Waals surface area contributed by atoms with E-state index in [1.54, 1.807) is 30.3 Å². The van der Waals surface area contributed by atoms with Crippen molar-refractivity contribution in [2.75, 3.05) is 0 Å². The number of nitriles is 1. The molecule has 0 unspecified atom stereocenters. The first-order valence-electron chi connectivity index (χ1n) is 6.75. The summed E-state index contributed by atoms with van der Waals surface area (Å²) in [5, 5.41) is 12.6. The van der Waals surface area contributed by atoms with Gasteiger partial charge in [0.25, 0.3) is 0 Å². The maximum Gasteiger partial charge on any atom is 0.134 e. The fourth-order valence-corrected chi connectivity index (χ4v) is 2.94. The van der Waals surface area contributed by atoms with E-state index in [1.807, 2.05) is 17.5 Å². The molecule has 1 heterocycles. The van der Waals surface area contributed by atoms with Gasteiger partial charge in [-0.3, -0.25) is 0 Å². The molecule has 0 aliphatic heterocycles. The van der Waals surface area contributed by atoms with Gasteiger partial charge in [-0.05, 0) is 35.9 Å². The predicted octanol–water partition coefficient (Wildman–Crippen LogP) is 5.67. The van der Waals surface area contributed by atoms with Crippen LogP contribution in [-0.4, -0.2) is 4.98 Å². The molecule has 2 nitrogen and oxygen atoms in total. The second-order valence-corrected chi connectivity index (χ2v) is 6.06. The summed E-state index contributed by atoms with van der Waals surface area (Å²) in [6.07, 6.45) is 1.70. The lowest BCUT2D eigenvalue weighted by atomic mass is 10.1. The molecule has 0 amide bonds. The summed E-state index contributed by atoms with van der Waals surface area (Å²) >= 11 is 7.28. The van der Waals surface area contributed by atoms with Crippen molar-refractivity contribution in [3.8, 4) is 17.3 Å². The summed E-state index contributed by atoms with van der Waals surface area (Å²) in [7, 11) is 0. The summed E-state index contributed by atoms with van der Waals surface area (Å²) in [5.41, 5.74) is 2.94. The van der Waals surface area contributed by atoms with Gasteiger partial charge in [-0.2, -0.15) is 5.26 Å². The number of benzene rings is 2. The number of halogens is 2. The van der Waals surface area contributed by atoms with E-state index < -0.39 is 0 Å². The molecule has 0 aliphatic rings. The second kappa shape index (κ2) is 6.74. The van der Waals surface area contributed by atoms with Gasteiger partial charge >= 0.3 is 0 Å². The molecule has 112 valence electrons. The molecule has 0 radical (unpaired) electrons. The van der Waals surface area contributed by atoms with E-state index in [2.05, 4.69) is 11.1 Å². The fraction of sp³-hybridized carbons (Fsp3) is 0. The first-order chi connectivity index (χ1) is 11.2. The number of allylic oxidation sites excluding steroid dienone is 1. The Kier molecular flexibility index (Phi) is 4.52. The third-order valence-electron chi connectivity index (χ3n) is 3.18. The Hall–Kier alpha value is -2.48. The minimum absolute atomic E-state index is 0.306. The Morgan fingerprint density at radius 2 is 1.83 bits per heavy atom. The van der Waals surface area contributed by atoms with Crippen LogP contribution >= 0.6 is 22.9 Å². The molecule has 0 spiro atoms. The average molecular weight is 341 g/mol. The van der Waals surface area contributed by atoms with E-state index in [1.165, 1.54) is 23.5 Å². The first-order valence-corrected chi connectivity index (χ1v) is 8.00. The molecular formula is C18H10ClFN2S. The number of thiazole rings is 1. The standard InChI is InChI=1S/C18H10ClFN2S/c19-15-5-3-13(4-6-15)17-11-23-18(22-17)14(10-21)9-12-1-7-16(20)8-2-12/h1-9,11H. The van der Waals surface area contributed by atoms with E-state index >= 15 is 0 Å². The zero-order valence-corrected chi connectivity index (χ0v) is 13.4. The lowest BCUT2D eigenvalue weighted by molar-refractivity contribution is 0.628. The quantitative estimate of drug-likeness (QED) is 0.576. The molecule has 0 aliphatic carbocycles. The molecule has 1 aromatic heterocycles. The Morgan fingerprint density at radius 1 is 1.13 bits per heavy atom. The van der Waals surface area contributed by atoms with Crippen molar-refractivity contribution in [1.29, 1.82) is 5.26 Å². The molecule has 3 aromatic rings. The molecule has 3 rings (SSSR count). The smallest absolute Gasteiger partial charge is 0.134 e. The molecule has 5 heteroatoms. The van der Waals surface area contributed by atoms with Crippen LogP contribution in [0.1, 0.15) is 10.6 Å². The van der Waals surface area contributed by atoms with Crippen LogP contribution in [0.25, 0.3) is 22.9 Å². The van der Waals surface area contributed by atoms with Gasteiger partial charge in [0.1, 0.15) is 16.9 Å². The molecule has 0 saturated heterocycles. The molecule has 0 saturated carbocycles. The van der Waals surface area contributed by atoms with Crippen LogP contribution in [0.3, 0.4) is 0 Å². The van der Waals surface area contributed by atoms with Crippen molar-refractivity contribution >= 4 is 34.6 Å². The number of nitrogens with zero attached hydrogens (tertiary/aromatic N) is 2. The lowest BCUT2D eigenvalue weighted by Gasteiger charge is -1.97. The van der Waals surface area contributed by atoms with Crippen molar-refractivity contribution in [2.24, 2.45) is 0 Å². The van der Waals surface area contributed by atoms with Crippen LogP contribution < -0.4 is 0 Å². The van der Waals surface area contributed by atoms with Gasteiger partial charge in [-0.25, -0.2) is 9.37 Å².